The number of carbonyl (C=O) groups is 1. The molecular formula is C19H21NO3. The molecule has 1 aliphatic rings. The van der Waals surface area contributed by atoms with E-state index in [1.807, 2.05) is 42.5 Å². The SMILES string of the molecule is CCc1ccccc1NC(=O)C1COc2ccc(OC)cc2C1. The highest BCUT2D eigenvalue weighted by Gasteiger charge is 2.26. The fraction of sp³-hybridized carbons (Fsp3) is 0.316. The number of ether oxygens (including phenoxy) is 2. The maximum absolute atomic E-state index is 12.6. The van der Waals surface area contributed by atoms with Crippen LogP contribution in [0.5, 0.6) is 11.5 Å². The largest absolute Gasteiger partial charge is 0.497 e. The zero-order valence-corrected chi connectivity index (χ0v) is 13.5. The molecule has 2 aromatic rings. The molecule has 23 heavy (non-hydrogen) atoms. The van der Waals surface area contributed by atoms with Crippen LogP contribution in [0.15, 0.2) is 42.5 Å². The summed E-state index contributed by atoms with van der Waals surface area (Å²) < 4.78 is 11.0. The number of fused-ring (bicyclic) bond motifs is 1. The lowest BCUT2D eigenvalue weighted by Gasteiger charge is -2.25. The molecule has 1 unspecified atom stereocenters. The lowest BCUT2D eigenvalue weighted by Crippen LogP contribution is -2.32. The second kappa shape index (κ2) is 6.73. The number of para-hydroxylation sites is 1. The number of hydrogen-bond donors (Lipinski definition) is 1. The molecule has 1 heterocycles. The summed E-state index contributed by atoms with van der Waals surface area (Å²) in [5, 5.41) is 3.04. The minimum Gasteiger partial charge on any atom is -0.497 e. The molecule has 1 N–H and O–H groups in total. The van der Waals surface area contributed by atoms with Crippen LogP contribution < -0.4 is 14.8 Å². The Bertz CT molecular complexity index is 712. The van der Waals surface area contributed by atoms with Crippen molar-refractivity contribution in [2.75, 3.05) is 19.0 Å². The Hall–Kier alpha value is -2.49. The number of carbonyl (C=O) groups excluding carboxylic acids is 1. The summed E-state index contributed by atoms with van der Waals surface area (Å²) in [6.45, 7) is 2.48. The van der Waals surface area contributed by atoms with E-state index in [1.165, 1.54) is 0 Å². The van der Waals surface area contributed by atoms with Crippen molar-refractivity contribution in [3.63, 3.8) is 0 Å². The Morgan fingerprint density at radius 2 is 2.13 bits per heavy atom. The van der Waals surface area contributed by atoms with E-state index >= 15 is 0 Å². The molecule has 0 radical (unpaired) electrons. The first-order valence-electron chi connectivity index (χ1n) is 7.89. The Balaban J connectivity index is 1.74. The lowest BCUT2D eigenvalue weighted by molar-refractivity contribution is -0.121. The van der Waals surface area contributed by atoms with Gasteiger partial charge in [-0.15, -0.1) is 0 Å². The summed E-state index contributed by atoms with van der Waals surface area (Å²) in [6, 6.07) is 13.6. The Morgan fingerprint density at radius 1 is 1.30 bits per heavy atom. The van der Waals surface area contributed by atoms with E-state index in [0.29, 0.717) is 13.0 Å². The highest BCUT2D eigenvalue weighted by molar-refractivity contribution is 5.93. The lowest BCUT2D eigenvalue weighted by atomic mass is 9.95. The van der Waals surface area contributed by atoms with Crippen molar-refractivity contribution in [2.24, 2.45) is 5.92 Å². The fourth-order valence-electron chi connectivity index (χ4n) is 2.85. The molecule has 0 aliphatic carbocycles. The summed E-state index contributed by atoms with van der Waals surface area (Å²) in [5.41, 5.74) is 3.04. The van der Waals surface area contributed by atoms with Gasteiger partial charge in [0.1, 0.15) is 18.1 Å². The number of amides is 1. The molecule has 0 bridgehead atoms. The fourth-order valence-corrected chi connectivity index (χ4v) is 2.85. The van der Waals surface area contributed by atoms with Crippen LogP contribution in [0.25, 0.3) is 0 Å². The molecule has 120 valence electrons. The summed E-state index contributed by atoms with van der Waals surface area (Å²) >= 11 is 0. The van der Waals surface area contributed by atoms with Crippen molar-refractivity contribution >= 4 is 11.6 Å². The number of anilines is 1. The van der Waals surface area contributed by atoms with Crippen molar-refractivity contribution in [1.82, 2.24) is 0 Å². The maximum Gasteiger partial charge on any atom is 0.231 e. The molecular weight excluding hydrogens is 290 g/mol. The van der Waals surface area contributed by atoms with Gasteiger partial charge < -0.3 is 14.8 Å². The molecule has 3 rings (SSSR count). The molecule has 0 aromatic heterocycles. The van der Waals surface area contributed by atoms with Crippen LogP contribution in [-0.4, -0.2) is 19.6 Å². The zero-order chi connectivity index (χ0) is 16.2. The van der Waals surface area contributed by atoms with E-state index in [4.69, 9.17) is 9.47 Å². The van der Waals surface area contributed by atoms with Gasteiger partial charge >= 0.3 is 0 Å². The predicted octanol–water partition coefficient (Wildman–Crippen LogP) is 3.45. The number of rotatable bonds is 4. The third kappa shape index (κ3) is 3.31. The number of hydrogen-bond acceptors (Lipinski definition) is 3. The van der Waals surface area contributed by atoms with Crippen LogP contribution in [0.2, 0.25) is 0 Å². The van der Waals surface area contributed by atoms with Gasteiger partial charge in [-0.1, -0.05) is 25.1 Å². The van der Waals surface area contributed by atoms with Gasteiger partial charge in [0.05, 0.1) is 13.0 Å². The highest BCUT2D eigenvalue weighted by Crippen LogP contribution is 2.31. The van der Waals surface area contributed by atoms with Crippen LogP contribution in [-0.2, 0) is 17.6 Å². The van der Waals surface area contributed by atoms with Gasteiger partial charge in [-0.2, -0.15) is 0 Å². The summed E-state index contributed by atoms with van der Waals surface area (Å²) in [5.74, 6) is 1.42. The number of methoxy groups -OCH3 is 1. The first-order valence-corrected chi connectivity index (χ1v) is 7.89. The topological polar surface area (TPSA) is 47.6 Å². The number of nitrogens with one attached hydrogen (secondary N) is 1. The van der Waals surface area contributed by atoms with Crippen molar-refractivity contribution in [3.05, 3.63) is 53.6 Å². The third-order valence-electron chi connectivity index (χ3n) is 4.20. The van der Waals surface area contributed by atoms with Gasteiger partial charge in [0.25, 0.3) is 0 Å². The first kappa shape index (κ1) is 15.4. The average Bonchev–Trinajstić information content (AvgIpc) is 2.61. The Labute approximate surface area is 136 Å². The van der Waals surface area contributed by atoms with Crippen molar-refractivity contribution in [1.29, 1.82) is 0 Å². The quantitative estimate of drug-likeness (QED) is 0.941. The van der Waals surface area contributed by atoms with Crippen molar-refractivity contribution < 1.29 is 14.3 Å². The Kier molecular flexibility index (Phi) is 4.51. The summed E-state index contributed by atoms with van der Waals surface area (Å²) in [6.07, 6.45) is 1.55. The molecule has 0 saturated carbocycles. The predicted molar refractivity (Wildman–Crippen MR) is 90.1 cm³/mol. The van der Waals surface area contributed by atoms with Crippen LogP contribution in [0, 0.1) is 5.92 Å². The van der Waals surface area contributed by atoms with Crippen LogP contribution in [0.4, 0.5) is 5.69 Å². The number of benzene rings is 2. The minimum atomic E-state index is -0.195. The van der Waals surface area contributed by atoms with E-state index in [-0.39, 0.29) is 11.8 Å². The summed E-state index contributed by atoms with van der Waals surface area (Å²) in [7, 11) is 1.64. The highest BCUT2D eigenvalue weighted by atomic mass is 16.5. The molecule has 0 fully saturated rings. The molecule has 1 amide bonds. The normalized spacial score (nSPS) is 16.2. The molecule has 2 aromatic carbocycles. The van der Waals surface area contributed by atoms with E-state index < -0.39 is 0 Å². The smallest absolute Gasteiger partial charge is 0.231 e. The van der Waals surface area contributed by atoms with Gasteiger partial charge in [-0.25, -0.2) is 0 Å². The first-order chi connectivity index (χ1) is 11.2. The molecule has 4 nitrogen and oxygen atoms in total. The van der Waals surface area contributed by atoms with Crippen LogP contribution in [0.1, 0.15) is 18.1 Å². The second-order valence-corrected chi connectivity index (χ2v) is 5.69. The van der Waals surface area contributed by atoms with Gasteiger partial charge in [-0.05, 0) is 48.2 Å². The molecule has 0 saturated heterocycles. The van der Waals surface area contributed by atoms with E-state index in [2.05, 4.69) is 12.2 Å². The minimum absolute atomic E-state index is 0.000583. The van der Waals surface area contributed by atoms with Crippen LogP contribution in [0.3, 0.4) is 0 Å². The molecule has 1 aliphatic heterocycles. The van der Waals surface area contributed by atoms with Gasteiger partial charge in [0.15, 0.2) is 0 Å². The Morgan fingerprint density at radius 3 is 2.91 bits per heavy atom. The number of aryl methyl sites for hydroxylation is 1. The van der Waals surface area contributed by atoms with Crippen molar-refractivity contribution in [3.8, 4) is 11.5 Å². The van der Waals surface area contributed by atoms with E-state index in [9.17, 15) is 4.79 Å². The van der Waals surface area contributed by atoms with Crippen molar-refractivity contribution in [2.45, 2.75) is 19.8 Å². The average molecular weight is 311 g/mol. The van der Waals surface area contributed by atoms with Crippen LogP contribution >= 0.6 is 0 Å². The molecule has 4 heteroatoms. The standard InChI is InChI=1S/C19H21NO3/c1-3-13-6-4-5-7-17(13)20-19(21)15-10-14-11-16(22-2)8-9-18(14)23-12-15/h4-9,11,15H,3,10,12H2,1-2H3,(H,20,21). The zero-order valence-electron chi connectivity index (χ0n) is 13.5. The van der Waals surface area contributed by atoms with Gasteiger partial charge in [-0.3, -0.25) is 4.79 Å². The van der Waals surface area contributed by atoms with E-state index in [0.717, 1.165) is 34.7 Å². The van der Waals surface area contributed by atoms with E-state index in [1.54, 1.807) is 7.11 Å². The monoisotopic (exact) mass is 311 g/mol. The molecule has 0 spiro atoms. The van der Waals surface area contributed by atoms with Gasteiger partial charge in [0, 0.05) is 5.69 Å². The second-order valence-electron chi connectivity index (χ2n) is 5.69. The maximum atomic E-state index is 12.6. The van der Waals surface area contributed by atoms with Gasteiger partial charge in [0.2, 0.25) is 5.91 Å². The molecule has 1 atom stereocenters. The third-order valence-corrected chi connectivity index (χ3v) is 4.20. The summed E-state index contributed by atoms with van der Waals surface area (Å²) in [4.78, 5) is 12.6.